The minimum Gasteiger partial charge on any atom is -0.379 e. The van der Waals surface area contributed by atoms with Crippen LogP contribution in [0.5, 0.6) is 0 Å². The van der Waals surface area contributed by atoms with Gasteiger partial charge in [0, 0.05) is 26.2 Å². The van der Waals surface area contributed by atoms with Gasteiger partial charge in [0.1, 0.15) is 12.2 Å². The molecule has 2 aliphatic rings. The molecule has 1 unspecified atom stereocenters. The van der Waals surface area contributed by atoms with E-state index in [0.29, 0.717) is 6.61 Å². The molecular formula is C10H17N5O. The molecule has 6 heteroatoms. The number of aromatic nitrogens is 3. The van der Waals surface area contributed by atoms with Gasteiger partial charge in [0.25, 0.3) is 0 Å². The summed E-state index contributed by atoms with van der Waals surface area (Å²) in [5, 5.41) is 8.02. The van der Waals surface area contributed by atoms with Crippen molar-refractivity contribution in [1.82, 2.24) is 19.7 Å². The van der Waals surface area contributed by atoms with Crippen molar-refractivity contribution in [2.45, 2.75) is 25.0 Å². The molecule has 0 radical (unpaired) electrons. The molecule has 2 aliphatic heterocycles. The average Bonchev–Trinajstić information content (AvgIpc) is 2.86. The van der Waals surface area contributed by atoms with Crippen LogP contribution >= 0.6 is 0 Å². The number of nitrogens with two attached hydrogens (primary N) is 1. The van der Waals surface area contributed by atoms with Gasteiger partial charge in [-0.15, -0.1) is 10.2 Å². The van der Waals surface area contributed by atoms with Crippen LogP contribution in [0.15, 0.2) is 6.33 Å². The van der Waals surface area contributed by atoms with Gasteiger partial charge in [-0.2, -0.15) is 0 Å². The quantitative estimate of drug-likeness (QED) is 0.711. The van der Waals surface area contributed by atoms with Crippen LogP contribution in [-0.4, -0.2) is 51.5 Å². The fourth-order valence-corrected chi connectivity index (χ4v) is 2.44. The average molecular weight is 223 g/mol. The number of fused-ring (bicyclic) bond motifs is 1. The lowest BCUT2D eigenvalue weighted by Crippen LogP contribution is -2.52. The molecule has 0 bridgehead atoms. The Morgan fingerprint density at radius 1 is 1.50 bits per heavy atom. The summed E-state index contributed by atoms with van der Waals surface area (Å²) in [7, 11) is 0. The predicted molar refractivity (Wildman–Crippen MR) is 57.7 cm³/mol. The maximum absolute atomic E-state index is 6.28. The molecule has 2 N–H and O–H groups in total. The second-order valence-electron chi connectivity index (χ2n) is 4.82. The third-order valence-electron chi connectivity index (χ3n) is 3.39. The summed E-state index contributed by atoms with van der Waals surface area (Å²) < 4.78 is 7.47. The van der Waals surface area contributed by atoms with E-state index in [1.807, 2.05) is 0 Å². The highest BCUT2D eigenvalue weighted by atomic mass is 16.5. The van der Waals surface area contributed by atoms with Gasteiger partial charge in [-0.1, -0.05) is 0 Å². The van der Waals surface area contributed by atoms with Crippen LogP contribution in [0.3, 0.4) is 0 Å². The Morgan fingerprint density at radius 2 is 2.44 bits per heavy atom. The Morgan fingerprint density at radius 3 is 3.25 bits per heavy atom. The van der Waals surface area contributed by atoms with Crippen LogP contribution in [0.25, 0.3) is 0 Å². The van der Waals surface area contributed by atoms with Crippen molar-refractivity contribution >= 4 is 0 Å². The van der Waals surface area contributed by atoms with Gasteiger partial charge in [0.2, 0.25) is 0 Å². The molecule has 1 aromatic heterocycles. The predicted octanol–water partition coefficient (Wildman–Crippen LogP) is -0.788. The molecule has 0 saturated carbocycles. The molecule has 3 heterocycles. The molecule has 1 aromatic rings. The van der Waals surface area contributed by atoms with Crippen molar-refractivity contribution in [3.8, 4) is 0 Å². The first-order valence-corrected chi connectivity index (χ1v) is 5.71. The zero-order valence-electron chi connectivity index (χ0n) is 9.30. The third kappa shape index (κ3) is 1.83. The van der Waals surface area contributed by atoms with Crippen molar-refractivity contribution in [2.75, 3.05) is 26.3 Å². The molecule has 0 aromatic carbocycles. The molecule has 0 amide bonds. The topological polar surface area (TPSA) is 69.2 Å². The monoisotopic (exact) mass is 223 g/mol. The number of nitrogens with zero attached hydrogens (tertiary/aromatic N) is 4. The lowest BCUT2D eigenvalue weighted by Gasteiger charge is -2.33. The fourth-order valence-electron chi connectivity index (χ4n) is 2.44. The largest absolute Gasteiger partial charge is 0.379 e. The van der Waals surface area contributed by atoms with Crippen LogP contribution in [-0.2, 0) is 17.8 Å². The van der Waals surface area contributed by atoms with Crippen LogP contribution < -0.4 is 5.73 Å². The van der Waals surface area contributed by atoms with Gasteiger partial charge >= 0.3 is 0 Å². The van der Waals surface area contributed by atoms with Crippen molar-refractivity contribution in [2.24, 2.45) is 5.73 Å². The van der Waals surface area contributed by atoms with Crippen LogP contribution in [0.4, 0.5) is 0 Å². The Kier molecular flexibility index (Phi) is 2.42. The van der Waals surface area contributed by atoms with E-state index in [2.05, 4.69) is 19.7 Å². The van der Waals surface area contributed by atoms with Crippen molar-refractivity contribution in [1.29, 1.82) is 0 Å². The molecule has 1 fully saturated rings. The van der Waals surface area contributed by atoms with E-state index in [-0.39, 0.29) is 5.54 Å². The smallest absolute Gasteiger partial charge is 0.147 e. The summed E-state index contributed by atoms with van der Waals surface area (Å²) in [6.45, 7) is 5.18. The second-order valence-corrected chi connectivity index (χ2v) is 4.82. The van der Waals surface area contributed by atoms with Gasteiger partial charge in [-0.3, -0.25) is 4.90 Å². The summed E-state index contributed by atoms with van der Waals surface area (Å²) in [5.74, 6) is 1.04. The van der Waals surface area contributed by atoms with Crippen molar-refractivity contribution in [3.63, 3.8) is 0 Å². The number of ether oxygens (including phenoxy) is 1. The highest BCUT2D eigenvalue weighted by molar-refractivity contribution is 4.95. The Labute approximate surface area is 94.4 Å². The molecule has 6 nitrogen and oxygen atoms in total. The maximum atomic E-state index is 6.28. The van der Waals surface area contributed by atoms with Crippen LogP contribution in [0, 0.1) is 0 Å². The first-order chi connectivity index (χ1) is 7.75. The lowest BCUT2D eigenvalue weighted by molar-refractivity contribution is 0.137. The molecular weight excluding hydrogens is 206 g/mol. The highest BCUT2D eigenvalue weighted by Crippen LogP contribution is 2.19. The number of rotatable bonds is 2. The minimum atomic E-state index is -0.164. The Balaban J connectivity index is 1.65. The number of hydrogen-bond acceptors (Lipinski definition) is 5. The van der Waals surface area contributed by atoms with Crippen LogP contribution in [0.1, 0.15) is 12.2 Å². The third-order valence-corrected chi connectivity index (χ3v) is 3.39. The van der Waals surface area contributed by atoms with E-state index >= 15 is 0 Å². The van der Waals surface area contributed by atoms with E-state index in [1.54, 1.807) is 6.33 Å². The number of hydrogen-bond donors (Lipinski definition) is 1. The van der Waals surface area contributed by atoms with Crippen molar-refractivity contribution in [3.05, 3.63) is 12.2 Å². The van der Waals surface area contributed by atoms with E-state index in [1.165, 1.54) is 0 Å². The molecule has 0 aliphatic carbocycles. The standard InChI is InChI=1S/C10H17N5O/c11-10(1-4-16-7-10)6-14-2-3-15-8-12-13-9(15)5-14/h8H,1-7,11H2. The van der Waals surface area contributed by atoms with Crippen molar-refractivity contribution < 1.29 is 4.74 Å². The van der Waals surface area contributed by atoms with Gasteiger partial charge in [-0.05, 0) is 6.42 Å². The zero-order chi connectivity index (χ0) is 11.0. The van der Waals surface area contributed by atoms with E-state index in [9.17, 15) is 0 Å². The molecule has 16 heavy (non-hydrogen) atoms. The SMILES string of the molecule is NC1(CN2CCn3cnnc3C2)CCOC1. The van der Waals surface area contributed by atoms with Gasteiger partial charge in [-0.25, -0.2) is 0 Å². The minimum absolute atomic E-state index is 0.164. The van der Waals surface area contributed by atoms with Crippen LogP contribution in [0.2, 0.25) is 0 Å². The van der Waals surface area contributed by atoms with E-state index in [4.69, 9.17) is 10.5 Å². The first kappa shape index (κ1) is 10.2. The molecule has 1 saturated heterocycles. The van der Waals surface area contributed by atoms with Gasteiger partial charge in [0.15, 0.2) is 0 Å². The summed E-state index contributed by atoms with van der Waals surface area (Å²) in [6, 6.07) is 0. The molecule has 88 valence electrons. The Hall–Kier alpha value is -0.980. The molecule has 1 atom stereocenters. The van der Waals surface area contributed by atoms with E-state index < -0.39 is 0 Å². The summed E-state index contributed by atoms with van der Waals surface area (Å²) in [6.07, 6.45) is 2.75. The second kappa shape index (κ2) is 3.80. The highest BCUT2D eigenvalue weighted by Gasteiger charge is 2.33. The van der Waals surface area contributed by atoms with Gasteiger partial charge < -0.3 is 15.0 Å². The zero-order valence-corrected chi connectivity index (χ0v) is 9.30. The normalized spacial score (nSPS) is 30.6. The summed E-state index contributed by atoms with van der Waals surface area (Å²) in [5.41, 5.74) is 6.11. The first-order valence-electron chi connectivity index (χ1n) is 5.71. The van der Waals surface area contributed by atoms with E-state index in [0.717, 1.165) is 45.0 Å². The fraction of sp³-hybridized carbons (Fsp3) is 0.800. The molecule has 0 spiro atoms. The summed E-state index contributed by atoms with van der Waals surface area (Å²) in [4.78, 5) is 2.35. The summed E-state index contributed by atoms with van der Waals surface area (Å²) >= 11 is 0. The Bertz CT molecular complexity index is 371. The lowest BCUT2D eigenvalue weighted by atomic mass is 9.99. The molecule has 3 rings (SSSR count). The maximum Gasteiger partial charge on any atom is 0.147 e. The van der Waals surface area contributed by atoms with Gasteiger partial charge in [0.05, 0.1) is 18.7 Å².